The van der Waals surface area contributed by atoms with E-state index in [4.69, 9.17) is 18.3 Å². The molecule has 2 aromatic heterocycles. The highest BCUT2D eigenvalue weighted by atomic mass is 16.5. The Morgan fingerprint density at radius 1 is 0.756 bits per heavy atom. The van der Waals surface area contributed by atoms with Gasteiger partial charge in [-0.3, -0.25) is 0 Å². The number of nitrogens with one attached hydrogen (secondary N) is 2. The van der Waals surface area contributed by atoms with Crippen LogP contribution in [0, 0.1) is 0 Å². The Bertz CT molecular complexity index is 1590. The van der Waals surface area contributed by atoms with Gasteiger partial charge in [-0.05, 0) is 104 Å². The van der Waals surface area contributed by atoms with Gasteiger partial charge in [-0.25, -0.2) is 0 Å². The minimum Gasteiger partial charge on any atom is -0.490 e. The Balaban J connectivity index is 1.11. The number of benzene rings is 2. The van der Waals surface area contributed by atoms with Crippen molar-refractivity contribution in [2.24, 2.45) is 0 Å². The van der Waals surface area contributed by atoms with Crippen molar-refractivity contribution in [1.29, 1.82) is 0 Å². The molecule has 5 rings (SSSR count). The molecular weight excluding hydrogens is 560 g/mol. The number of ether oxygens (including phenoxy) is 2. The zero-order valence-electron chi connectivity index (χ0n) is 29.5. The first-order valence-electron chi connectivity index (χ1n) is 16.8. The van der Waals surface area contributed by atoms with E-state index in [-0.39, 0.29) is 34.1 Å². The summed E-state index contributed by atoms with van der Waals surface area (Å²) in [5.74, 6) is 3.73. The largest absolute Gasteiger partial charge is 0.490 e. The molecule has 1 saturated carbocycles. The molecule has 4 aromatic rings. The lowest BCUT2D eigenvalue weighted by Gasteiger charge is -2.40. The maximum Gasteiger partial charge on any atom is 0.137 e. The monoisotopic (exact) mass is 616 g/mol. The van der Waals surface area contributed by atoms with Crippen LogP contribution in [0.2, 0.25) is 0 Å². The molecule has 1 fully saturated rings. The predicted molar refractivity (Wildman–Crippen MR) is 186 cm³/mol. The first-order chi connectivity index (χ1) is 20.9. The molecule has 1 unspecified atom stereocenters. The third-order valence-corrected chi connectivity index (χ3v) is 9.00. The molecule has 0 aliphatic heterocycles. The van der Waals surface area contributed by atoms with E-state index < -0.39 is 0 Å². The van der Waals surface area contributed by atoms with Crippen molar-refractivity contribution in [3.05, 3.63) is 60.1 Å². The minimum atomic E-state index is -0.106. The Hall–Kier alpha value is -2.96. The molecule has 6 heteroatoms. The normalized spacial score (nSPS) is 18.7. The molecule has 246 valence electrons. The molecule has 1 atom stereocenters. The number of hydrogen-bond donors (Lipinski definition) is 2. The van der Waals surface area contributed by atoms with E-state index in [0.29, 0.717) is 6.04 Å². The smallest absolute Gasteiger partial charge is 0.137 e. The number of fused-ring (bicyclic) bond motifs is 2. The van der Waals surface area contributed by atoms with Crippen molar-refractivity contribution in [3.8, 4) is 11.5 Å². The summed E-state index contributed by atoms with van der Waals surface area (Å²) in [5.41, 5.74) is 1.71. The van der Waals surface area contributed by atoms with Gasteiger partial charge in [-0.2, -0.15) is 0 Å². The summed E-state index contributed by atoms with van der Waals surface area (Å²) in [4.78, 5) is 0. The molecule has 45 heavy (non-hydrogen) atoms. The van der Waals surface area contributed by atoms with Crippen molar-refractivity contribution >= 4 is 21.9 Å². The topological polar surface area (TPSA) is 68.8 Å². The van der Waals surface area contributed by atoms with E-state index in [1.807, 2.05) is 12.1 Å². The molecule has 0 spiro atoms. The summed E-state index contributed by atoms with van der Waals surface area (Å²) < 4.78 is 25.1. The quantitative estimate of drug-likeness (QED) is 0.165. The zero-order valence-corrected chi connectivity index (χ0v) is 29.5. The first-order valence-corrected chi connectivity index (χ1v) is 16.8. The van der Waals surface area contributed by atoms with Gasteiger partial charge in [0, 0.05) is 57.4 Å². The fraction of sp³-hybridized carbons (Fsp3) is 0.590. The molecule has 2 aromatic carbocycles. The van der Waals surface area contributed by atoms with E-state index in [1.165, 1.54) is 0 Å². The van der Waals surface area contributed by atoms with Crippen LogP contribution in [0.1, 0.15) is 113 Å². The Labute approximate surface area is 270 Å². The SMILES string of the molecule is CC(CNC(C)(C)CCC(C)(C)c1cc2ccc(OC3CC(NC(C)(C)C)C3)cc2o1)Oc1ccc2cc(C(C)(C)C)oc2c1. The van der Waals surface area contributed by atoms with Crippen molar-refractivity contribution < 1.29 is 18.3 Å². The first kappa shape index (κ1) is 33.4. The second kappa shape index (κ2) is 12.3. The standard InChI is InChI=1S/C39H56N2O4/c1-25(42-29-14-12-26-18-34(36(2,3)4)44-32(26)22-29)24-40-39(10,11)17-16-38(8,9)35-19-27-13-15-30(23-33(27)45-35)43-31-20-28(21-31)41-37(5,6)7/h12-15,18-19,22-23,25,28,31,40-41H,16-17,20-21,24H2,1-11H3. The minimum absolute atomic E-state index is 0.0131. The molecule has 1 aliphatic carbocycles. The number of furan rings is 2. The average molecular weight is 617 g/mol. The van der Waals surface area contributed by atoms with Gasteiger partial charge in [-0.15, -0.1) is 0 Å². The lowest BCUT2D eigenvalue weighted by molar-refractivity contribution is 0.0735. The average Bonchev–Trinajstić information content (AvgIpc) is 3.54. The van der Waals surface area contributed by atoms with Gasteiger partial charge in [0.15, 0.2) is 0 Å². The Kier molecular flexibility index (Phi) is 9.16. The van der Waals surface area contributed by atoms with E-state index in [9.17, 15) is 0 Å². The van der Waals surface area contributed by atoms with Crippen LogP contribution in [-0.2, 0) is 10.8 Å². The van der Waals surface area contributed by atoms with Gasteiger partial charge < -0.3 is 28.9 Å². The van der Waals surface area contributed by atoms with Crippen LogP contribution < -0.4 is 20.1 Å². The lowest BCUT2D eigenvalue weighted by atomic mass is 9.81. The molecule has 2 heterocycles. The lowest BCUT2D eigenvalue weighted by Crippen LogP contribution is -2.53. The van der Waals surface area contributed by atoms with Crippen LogP contribution >= 0.6 is 0 Å². The maximum atomic E-state index is 6.43. The molecule has 1 aliphatic rings. The second-order valence-electron chi connectivity index (χ2n) is 16.8. The van der Waals surface area contributed by atoms with Gasteiger partial charge in [0.1, 0.15) is 46.4 Å². The Morgan fingerprint density at radius 3 is 1.96 bits per heavy atom. The van der Waals surface area contributed by atoms with Crippen LogP contribution in [-0.4, -0.2) is 35.9 Å². The van der Waals surface area contributed by atoms with Gasteiger partial charge in [-0.1, -0.05) is 34.6 Å². The highest BCUT2D eigenvalue weighted by molar-refractivity contribution is 5.80. The predicted octanol–water partition coefficient (Wildman–Crippen LogP) is 9.67. The van der Waals surface area contributed by atoms with Crippen LogP contribution in [0.5, 0.6) is 11.5 Å². The van der Waals surface area contributed by atoms with Gasteiger partial charge in [0.2, 0.25) is 0 Å². The summed E-state index contributed by atoms with van der Waals surface area (Å²) >= 11 is 0. The van der Waals surface area contributed by atoms with Gasteiger partial charge >= 0.3 is 0 Å². The zero-order chi connectivity index (χ0) is 32.8. The van der Waals surface area contributed by atoms with Crippen LogP contribution in [0.4, 0.5) is 0 Å². The summed E-state index contributed by atoms with van der Waals surface area (Å²) in [5, 5.41) is 9.64. The summed E-state index contributed by atoms with van der Waals surface area (Å²) in [6.07, 6.45) is 4.34. The van der Waals surface area contributed by atoms with Crippen molar-refractivity contribution in [2.45, 2.75) is 142 Å². The van der Waals surface area contributed by atoms with Crippen LogP contribution in [0.15, 0.2) is 57.4 Å². The summed E-state index contributed by atoms with van der Waals surface area (Å²) in [7, 11) is 0. The number of rotatable bonds is 12. The molecule has 2 N–H and O–H groups in total. The molecule has 0 saturated heterocycles. The molecule has 0 amide bonds. The summed E-state index contributed by atoms with van der Waals surface area (Å²) in [6.45, 7) is 25.1. The molecule has 0 radical (unpaired) electrons. The van der Waals surface area contributed by atoms with Crippen LogP contribution in [0.25, 0.3) is 21.9 Å². The fourth-order valence-corrected chi connectivity index (χ4v) is 5.99. The Morgan fingerprint density at radius 2 is 1.33 bits per heavy atom. The molecule has 6 nitrogen and oxygen atoms in total. The molecule has 0 bridgehead atoms. The second-order valence-corrected chi connectivity index (χ2v) is 16.8. The number of hydrogen-bond acceptors (Lipinski definition) is 6. The van der Waals surface area contributed by atoms with Crippen molar-refractivity contribution in [2.75, 3.05) is 6.54 Å². The highest BCUT2D eigenvalue weighted by Gasteiger charge is 2.33. The van der Waals surface area contributed by atoms with E-state index in [0.717, 1.165) is 77.2 Å². The third kappa shape index (κ3) is 8.65. The van der Waals surface area contributed by atoms with E-state index >= 15 is 0 Å². The van der Waals surface area contributed by atoms with Gasteiger partial charge in [0.05, 0.1) is 0 Å². The summed E-state index contributed by atoms with van der Waals surface area (Å²) in [6, 6.07) is 17.2. The van der Waals surface area contributed by atoms with Crippen LogP contribution in [0.3, 0.4) is 0 Å². The van der Waals surface area contributed by atoms with E-state index in [1.54, 1.807) is 0 Å². The highest BCUT2D eigenvalue weighted by Crippen LogP contribution is 2.37. The fourth-order valence-electron chi connectivity index (χ4n) is 5.99. The van der Waals surface area contributed by atoms with E-state index in [2.05, 4.69) is 123 Å². The van der Waals surface area contributed by atoms with Crippen molar-refractivity contribution in [3.63, 3.8) is 0 Å². The molecular formula is C39H56N2O4. The maximum absolute atomic E-state index is 6.43. The van der Waals surface area contributed by atoms with Gasteiger partial charge in [0.25, 0.3) is 0 Å². The van der Waals surface area contributed by atoms with Crippen molar-refractivity contribution in [1.82, 2.24) is 10.6 Å². The third-order valence-electron chi connectivity index (χ3n) is 9.00.